The highest BCUT2D eigenvalue weighted by Gasteiger charge is 2.51. The van der Waals surface area contributed by atoms with Gasteiger partial charge < -0.3 is 9.47 Å². The summed E-state index contributed by atoms with van der Waals surface area (Å²) in [5.41, 5.74) is 2.80. The number of carbonyl (C=O) groups excluding carboxylic acids is 3. The van der Waals surface area contributed by atoms with Crippen LogP contribution in [0.1, 0.15) is 43.4 Å². The highest BCUT2D eigenvalue weighted by Crippen LogP contribution is 2.43. The van der Waals surface area contributed by atoms with E-state index >= 15 is 0 Å². The van der Waals surface area contributed by atoms with Crippen molar-refractivity contribution in [1.82, 2.24) is 0 Å². The molecule has 6 rings (SSSR count). The SMILES string of the molecule is COc1ccc(N2C(=O)[C@@H](Oc3ccc(Cl)cc3)[C@@H]2c2ccc3c(c2)C(=O)c2ccccc2C3=O)cc1. The lowest BCUT2D eigenvalue weighted by atomic mass is 9.81. The Balaban J connectivity index is 1.41. The van der Waals surface area contributed by atoms with Crippen LogP contribution in [0, 0.1) is 0 Å². The molecular formula is C30H20ClNO5. The predicted molar refractivity (Wildman–Crippen MR) is 139 cm³/mol. The normalized spacial score (nSPS) is 18.1. The van der Waals surface area contributed by atoms with Crippen molar-refractivity contribution < 1.29 is 23.9 Å². The van der Waals surface area contributed by atoms with Crippen molar-refractivity contribution >= 4 is 34.8 Å². The monoisotopic (exact) mass is 509 g/mol. The van der Waals surface area contributed by atoms with E-state index in [9.17, 15) is 14.4 Å². The Labute approximate surface area is 218 Å². The fourth-order valence-electron chi connectivity index (χ4n) is 4.89. The van der Waals surface area contributed by atoms with Gasteiger partial charge in [-0.1, -0.05) is 41.9 Å². The zero-order valence-corrected chi connectivity index (χ0v) is 20.4. The zero-order chi connectivity index (χ0) is 25.7. The summed E-state index contributed by atoms with van der Waals surface area (Å²) in [4.78, 5) is 41.4. The van der Waals surface area contributed by atoms with Gasteiger partial charge in [-0.15, -0.1) is 0 Å². The largest absolute Gasteiger partial charge is 0.497 e. The molecule has 0 bridgehead atoms. The number of carbonyl (C=O) groups is 3. The minimum atomic E-state index is -0.831. The molecule has 0 spiro atoms. The molecule has 0 saturated carbocycles. The maximum atomic E-state index is 13.4. The van der Waals surface area contributed by atoms with Gasteiger partial charge in [-0.3, -0.25) is 19.3 Å². The number of amides is 1. The number of ether oxygens (including phenoxy) is 2. The van der Waals surface area contributed by atoms with Crippen LogP contribution in [-0.4, -0.2) is 30.7 Å². The highest BCUT2D eigenvalue weighted by molar-refractivity contribution is 6.30. The van der Waals surface area contributed by atoms with Crippen LogP contribution in [0.25, 0.3) is 0 Å². The first kappa shape index (κ1) is 23.0. The molecule has 4 aromatic rings. The average molecular weight is 510 g/mol. The molecule has 2 atom stereocenters. The molecular weight excluding hydrogens is 490 g/mol. The van der Waals surface area contributed by atoms with Crippen molar-refractivity contribution in [2.24, 2.45) is 0 Å². The van der Waals surface area contributed by atoms with Crippen molar-refractivity contribution in [3.8, 4) is 11.5 Å². The van der Waals surface area contributed by atoms with E-state index in [2.05, 4.69) is 0 Å². The molecule has 2 aliphatic rings. The first-order chi connectivity index (χ1) is 18.0. The molecule has 4 aromatic carbocycles. The molecule has 1 fully saturated rings. The number of hydrogen-bond acceptors (Lipinski definition) is 5. The predicted octanol–water partition coefficient (Wildman–Crippen LogP) is 5.66. The number of anilines is 1. The molecule has 1 aliphatic carbocycles. The molecule has 1 aliphatic heterocycles. The number of hydrogen-bond donors (Lipinski definition) is 0. The number of methoxy groups -OCH3 is 1. The molecule has 1 amide bonds. The van der Waals surface area contributed by atoms with Crippen LogP contribution in [0.15, 0.2) is 91.0 Å². The summed E-state index contributed by atoms with van der Waals surface area (Å²) in [6.07, 6.45) is -0.831. The van der Waals surface area contributed by atoms with Crippen LogP contribution < -0.4 is 14.4 Å². The van der Waals surface area contributed by atoms with E-state index in [1.54, 1.807) is 103 Å². The van der Waals surface area contributed by atoms with Crippen LogP contribution in [0.3, 0.4) is 0 Å². The van der Waals surface area contributed by atoms with Gasteiger partial charge in [-0.25, -0.2) is 0 Å². The van der Waals surface area contributed by atoms with Crippen LogP contribution in [0.5, 0.6) is 11.5 Å². The zero-order valence-electron chi connectivity index (χ0n) is 19.7. The summed E-state index contributed by atoms with van der Waals surface area (Å²) in [6, 6.07) is 25.4. The summed E-state index contributed by atoms with van der Waals surface area (Å²) in [5, 5.41) is 0.557. The number of β-lactam (4-membered cyclic amide) rings is 1. The van der Waals surface area contributed by atoms with E-state index in [1.807, 2.05) is 0 Å². The summed E-state index contributed by atoms with van der Waals surface area (Å²) >= 11 is 6.01. The lowest BCUT2D eigenvalue weighted by Gasteiger charge is -2.46. The van der Waals surface area contributed by atoms with Crippen molar-refractivity contribution in [3.05, 3.63) is 124 Å². The lowest BCUT2D eigenvalue weighted by Crippen LogP contribution is -2.61. The Morgan fingerprint density at radius 3 is 1.95 bits per heavy atom. The average Bonchev–Trinajstić information content (AvgIpc) is 2.94. The Kier molecular flexibility index (Phi) is 5.54. The maximum absolute atomic E-state index is 13.4. The van der Waals surface area contributed by atoms with Gasteiger partial charge in [0.1, 0.15) is 17.5 Å². The van der Waals surface area contributed by atoms with Gasteiger partial charge in [0, 0.05) is 33.0 Å². The molecule has 6 nitrogen and oxygen atoms in total. The van der Waals surface area contributed by atoms with Gasteiger partial charge >= 0.3 is 0 Å². The van der Waals surface area contributed by atoms with Crippen molar-refractivity contribution in [2.75, 3.05) is 12.0 Å². The van der Waals surface area contributed by atoms with Gasteiger partial charge in [-0.05, 0) is 66.2 Å². The van der Waals surface area contributed by atoms with Crippen LogP contribution >= 0.6 is 11.6 Å². The molecule has 182 valence electrons. The standard InChI is InChI=1S/C30H20ClNO5/c1-36-20-13-9-19(10-14-20)32-26(29(30(32)35)37-21-11-7-18(31)8-12-21)17-6-15-24-25(16-17)28(34)23-5-3-2-4-22(23)27(24)33/h2-16,26,29H,1H3/t26-,29-/m0/s1. The second-order valence-electron chi connectivity index (χ2n) is 8.85. The number of nitrogens with zero attached hydrogens (tertiary/aromatic N) is 1. The van der Waals surface area contributed by atoms with Gasteiger partial charge in [-0.2, -0.15) is 0 Å². The lowest BCUT2D eigenvalue weighted by molar-refractivity contribution is -0.135. The Morgan fingerprint density at radius 1 is 0.703 bits per heavy atom. The van der Waals surface area contributed by atoms with Crippen LogP contribution in [-0.2, 0) is 4.79 Å². The minimum absolute atomic E-state index is 0.192. The molecule has 0 aromatic heterocycles. The van der Waals surface area contributed by atoms with E-state index in [1.165, 1.54) is 0 Å². The molecule has 0 radical (unpaired) electrons. The van der Waals surface area contributed by atoms with Gasteiger partial charge in [0.25, 0.3) is 5.91 Å². The van der Waals surface area contributed by atoms with Gasteiger partial charge in [0.05, 0.1) is 7.11 Å². The third kappa shape index (κ3) is 3.77. The summed E-state index contributed by atoms with van der Waals surface area (Å²) in [7, 11) is 1.58. The second-order valence-corrected chi connectivity index (χ2v) is 9.29. The number of benzene rings is 4. The van der Waals surface area contributed by atoms with E-state index in [0.29, 0.717) is 50.0 Å². The molecule has 7 heteroatoms. The van der Waals surface area contributed by atoms with Crippen molar-refractivity contribution in [3.63, 3.8) is 0 Å². The van der Waals surface area contributed by atoms with Gasteiger partial charge in [0.15, 0.2) is 11.6 Å². The van der Waals surface area contributed by atoms with Crippen molar-refractivity contribution in [1.29, 1.82) is 0 Å². The third-order valence-electron chi connectivity index (χ3n) is 6.76. The molecule has 37 heavy (non-hydrogen) atoms. The first-order valence-corrected chi connectivity index (χ1v) is 12.1. The number of rotatable bonds is 5. The quantitative estimate of drug-likeness (QED) is 0.286. The number of fused-ring (bicyclic) bond motifs is 2. The fourth-order valence-corrected chi connectivity index (χ4v) is 5.02. The minimum Gasteiger partial charge on any atom is -0.497 e. The second kappa shape index (κ2) is 8.91. The van der Waals surface area contributed by atoms with E-state index in [-0.39, 0.29) is 17.5 Å². The van der Waals surface area contributed by atoms with E-state index in [0.717, 1.165) is 0 Å². The van der Waals surface area contributed by atoms with Crippen LogP contribution in [0.4, 0.5) is 5.69 Å². The smallest absolute Gasteiger partial charge is 0.271 e. The number of halogens is 1. The third-order valence-corrected chi connectivity index (χ3v) is 7.02. The molecule has 0 N–H and O–H groups in total. The summed E-state index contributed by atoms with van der Waals surface area (Å²) in [6.45, 7) is 0. The highest BCUT2D eigenvalue weighted by atomic mass is 35.5. The topological polar surface area (TPSA) is 72.9 Å². The Bertz CT molecular complexity index is 1560. The fraction of sp³-hybridized carbons (Fsp3) is 0.100. The molecule has 1 saturated heterocycles. The Hall–Kier alpha value is -4.42. The number of ketones is 2. The van der Waals surface area contributed by atoms with Crippen LogP contribution in [0.2, 0.25) is 5.02 Å². The maximum Gasteiger partial charge on any atom is 0.271 e. The molecule has 0 unspecified atom stereocenters. The molecule has 1 heterocycles. The Morgan fingerprint density at radius 2 is 1.30 bits per heavy atom. The van der Waals surface area contributed by atoms with E-state index < -0.39 is 12.1 Å². The van der Waals surface area contributed by atoms with Crippen molar-refractivity contribution in [2.45, 2.75) is 12.1 Å². The van der Waals surface area contributed by atoms with E-state index in [4.69, 9.17) is 21.1 Å². The first-order valence-electron chi connectivity index (χ1n) is 11.7. The summed E-state index contributed by atoms with van der Waals surface area (Å²) in [5.74, 6) is 0.529. The summed E-state index contributed by atoms with van der Waals surface area (Å²) < 4.78 is 11.4. The van der Waals surface area contributed by atoms with Gasteiger partial charge in [0.2, 0.25) is 6.10 Å².